The molecular weight excluding hydrogens is 304 g/mol. The first-order valence-corrected chi connectivity index (χ1v) is 8.41. The van der Waals surface area contributed by atoms with Crippen molar-refractivity contribution >= 4 is 5.91 Å². The average Bonchev–Trinajstić information content (AvgIpc) is 2.89. The molecule has 2 aromatic heterocycles. The van der Waals surface area contributed by atoms with E-state index in [4.69, 9.17) is 4.74 Å². The second-order valence-corrected chi connectivity index (χ2v) is 6.27. The zero-order valence-electron chi connectivity index (χ0n) is 14.7. The molecule has 128 valence electrons. The van der Waals surface area contributed by atoms with E-state index in [-0.39, 0.29) is 18.1 Å². The number of nitrogens with zero attached hydrogens (tertiary/aromatic N) is 4. The number of fused-ring (bicyclic) bond motifs is 1. The van der Waals surface area contributed by atoms with Crippen molar-refractivity contribution < 1.29 is 9.53 Å². The lowest BCUT2D eigenvalue weighted by Gasteiger charge is -2.26. The molecule has 0 saturated heterocycles. The van der Waals surface area contributed by atoms with Gasteiger partial charge in [0.1, 0.15) is 5.69 Å². The molecule has 1 aliphatic heterocycles. The molecule has 0 N–H and O–H groups in total. The number of hydrogen-bond acceptors (Lipinski definition) is 4. The van der Waals surface area contributed by atoms with Gasteiger partial charge in [-0.25, -0.2) is 0 Å². The Balaban J connectivity index is 1.91. The molecule has 0 radical (unpaired) electrons. The van der Waals surface area contributed by atoms with Crippen LogP contribution in [0.3, 0.4) is 0 Å². The van der Waals surface area contributed by atoms with Crippen molar-refractivity contribution in [1.82, 2.24) is 19.7 Å². The molecule has 1 amide bonds. The lowest BCUT2D eigenvalue weighted by Crippen LogP contribution is -2.33. The summed E-state index contributed by atoms with van der Waals surface area (Å²) in [6.07, 6.45) is 2.48. The molecule has 1 aliphatic rings. The van der Waals surface area contributed by atoms with Gasteiger partial charge in [0.25, 0.3) is 5.91 Å². The molecule has 24 heavy (non-hydrogen) atoms. The summed E-state index contributed by atoms with van der Waals surface area (Å²) in [6.45, 7) is 7.13. The van der Waals surface area contributed by atoms with Crippen LogP contribution in [0, 0.1) is 0 Å². The van der Waals surface area contributed by atoms with Crippen LogP contribution in [0.2, 0.25) is 0 Å². The standard InChI is InChI=1S/C18H24N4O2/c1-5-22(11-14-8-6-7-9-19-14)18(23)17-15-10-12(2)24-13(3)16(15)20-21(17)4/h6-9,12-13H,5,10-11H2,1-4H3/t12-,13+/m1/s1. The van der Waals surface area contributed by atoms with Crippen molar-refractivity contribution in [2.24, 2.45) is 7.05 Å². The monoisotopic (exact) mass is 328 g/mol. The number of ether oxygens (including phenoxy) is 1. The first-order chi connectivity index (χ1) is 11.5. The largest absolute Gasteiger partial charge is 0.369 e. The molecule has 0 saturated carbocycles. The molecule has 0 aliphatic carbocycles. The van der Waals surface area contributed by atoms with Gasteiger partial charge in [-0.1, -0.05) is 6.07 Å². The summed E-state index contributed by atoms with van der Waals surface area (Å²) in [6, 6.07) is 5.75. The Morgan fingerprint density at radius 3 is 2.88 bits per heavy atom. The van der Waals surface area contributed by atoms with E-state index < -0.39 is 0 Å². The first kappa shape index (κ1) is 16.6. The van der Waals surface area contributed by atoms with Gasteiger partial charge >= 0.3 is 0 Å². The van der Waals surface area contributed by atoms with Crippen molar-refractivity contribution in [3.63, 3.8) is 0 Å². The Morgan fingerprint density at radius 2 is 2.21 bits per heavy atom. The zero-order valence-corrected chi connectivity index (χ0v) is 14.7. The Bertz CT molecular complexity index is 726. The summed E-state index contributed by atoms with van der Waals surface area (Å²) in [5.41, 5.74) is 3.46. The molecule has 6 nitrogen and oxygen atoms in total. The van der Waals surface area contributed by atoms with E-state index in [1.165, 1.54) is 0 Å². The minimum Gasteiger partial charge on any atom is -0.369 e. The van der Waals surface area contributed by atoms with Gasteiger partial charge in [0, 0.05) is 31.8 Å². The lowest BCUT2D eigenvalue weighted by molar-refractivity contribution is -0.00714. The van der Waals surface area contributed by atoms with Gasteiger partial charge in [-0.3, -0.25) is 14.5 Å². The van der Waals surface area contributed by atoms with Crippen LogP contribution in [0.25, 0.3) is 0 Å². The predicted molar refractivity (Wildman–Crippen MR) is 90.5 cm³/mol. The highest BCUT2D eigenvalue weighted by Gasteiger charge is 2.32. The summed E-state index contributed by atoms with van der Waals surface area (Å²) in [5, 5.41) is 4.54. The minimum atomic E-state index is -0.0811. The maximum absolute atomic E-state index is 13.1. The Labute approximate surface area is 142 Å². The average molecular weight is 328 g/mol. The Hall–Kier alpha value is -2.21. The molecule has 0 fully saturated rings. The second-order valence-electron chi connectivity index (χ2n) is 6.27. The molecule has 2 atom stereocenters. The predicted octanol–water partition coefficient (Wildman–Crippen LogP) is 2.50. The SMILES string of the molecule is CCN(Cc1ccccn1)C(=O)c1c2c(nn1C)[C@H](C)O[C@H](C)C2. The smallest absolute Gasteiger partial charge is 0.272 e. The zero-order chi connectivity index (χ0) is 17.3. The van der Waals surface area contributed by atoms with E-state index in [0.29, 0.717) is 18.8 Å². The number of aromatic nitrogens is 3. The van der Waals surface area contributed by atoms with Gasteiger partial charge in [0.15, 0.2) is 0 Å². The maximum Gasteiger partial charge on any atom is 0.272 e. The van der Waals surface area contributed by atoms with Crippen LogP contribution in [0.4, 0.5) is 0 Å². The van der Waals surface area contributed by atoms with Crippen LogP contribution in [0.1, 0.15) is 54.3 Å². The topological polar surface area (TPSA) is 60.2 Å². The third kappa shape index (κ3) is 3.06. The molecule has 0 bridgehead atoms. The van der Waals surface area contributed by atoms with Gasteiger partial charge in [0.2, 0.25) is 0 Å². The number of carbonyl (C=O) groups is 1. The Kier molecular flexibility index (Phi) is 4.66. The van der Waals surface area contributed by atoms with Gasteiger partial charge in [-0.2, -0.15) is 5.10 Å². The van der Waals surface area contributed by atoms with Crippen LogP contribution < -0.4 is 0 Å². The molecule has 6 heteroatoms. The van der Waals surface area contributed by atoms with Crippen LogP contribution in [-0.4, -0.2) is 38.2 Å². The Morgan fingerprint density at radius 1 is 1.42 bits per heavy atom. The number of rotatable bonds is 4. The van der Waals surface area contributed by atoms with Gasteiger partial charge in [-0.05, 0) is 32.9 Å². The molecule has 3 heterocycles. The van der Waals surface area contributed by atoms with Gasteiger partial charge < -0.3 is 9.64 Å². The van der Waals surface area contributed by atoms with Crippen molar-refractivity contribution in [2.45, 2.75) is 45.9 Å². The van der Waals surface area contributed by atoms with E-state index in [1.54, 1.807) is 10.9 Å². The number of hydrogen-bond donors (Lipinski definition) is 0. The fourth-order valence-electron chi connectivity index (χ4n) is 3.30. The fourth-order valence-corrected chi connectivity index (χ4v) is 3.30. The summed E-state index contributed by atoms with van der Waals surface area (Å²) < 4.78 is 7.53. The van der Waals surface area contributed by atoms with E-state index in [1.807, 2.05) is 50.9 Å². The lowest BCUT2D eigenvalue weighted by atomic mass is 9.99. The van der Waals surface area contributed by atoms with E-state index >= 15 is 0 Å². The molecule has 0 unspecified atom stereocenters. The third-order valence-corrected chi connectivity index (χ3v) is 4.44. The highest BCUT2D eigenvalue weighted by molar-refractivity contribution is 5.94. The van der Waals surface area contributed by atoms with Crippen molar-refractivity contribution in [1.29, 1.82) is 0 Å². The summed E-state index contributed by atoms with van der Waals surface area (Å²) in [7, 11) is 1.83. The molecule has 0 spiro atoms. The fraction of sp³-hybridized carbons (Fsp3) is 0.500. The molecule has 2 aromatic rings. The number of pyridine rings is 1. The van der Waals surface area contributed by atoms with Crippen LogP contribution in [-0.2, 0) is 24.8 Å². The summed E-state index contributed by atoms with van der Waals surface area (Å²) >= 11 is 0. The maximum atomic E-state index is 13.1. The van der Waals surface area contributed by atoms with E-state index in [0.717, 1.165) is 23.4 Å². The second kappa shape index (κ2) is 6.73. The van der Waals surface area contributed by atoms with Crippen molar-refractivity contribution in [2.75, 3.05) is 6.54 Å². The summed E-state index contributed by atoms with van der Waals surface area (Å²) in [5.74, 6) is 0.000651. The molecular formula is C18H24N4O2. The van der Waals surface area contributed by atoms with Crippen LogP contribution in [0.5, 0.6) is 0 Å². The van der Waals surface area contributed by atoms with Crippen LogP contribution >= 0.6 is 0 Å². The minimum absolute atomic E-state index is 0.000651. The number of carbonyl (C=O) groups excluding carboxylic acids is 1. The highest BCUT2D eigenvalue weighted by atomic mass is 16.5. The molecule has 0 aromatic carbocycles. The number of aryl methyl sites for hydroxylation is 1. The van der Waals surface area contributed by atoms with Crippen molar-refractivity contribution in [3.8, 4) is 0 Å². The van der Waals surface area contributed by atoms with E-state index in [2.05, 4.69) is 10.1 Å². The normalized spacial score (nSPS) is 19.8. The first-order valence-electron chi connectivity index (χ1n) is 8.41. The quantitative estimate of drug-likeness (QED) is 0.865. The number of amides is 1. The summed E-state index contributed by atoms with van der Waals surface area (Å²) in [4.78, 5) is 19.3. The van der Waals surface area contributed by atoms with Gasteiger partial charge in [-0.15, -0.1) is 0 Å². The van der Waals surface area contributed by atoms with Gasteiger partial charge in [0.05, 0.1) is 30.1 Å². The highest BCUT2D eigenvalue weighted by Crippen LogP contribution is 2.31. The van der Waals surface area contributed by atoms with E-state index in [9.17, 15) is 4.79 Å². The molecule has 3 rings (SSSR count). The third-order valence-electron chi connectivity index (χ3n) is 4.44. The van der Waals surface area contributed by atoms with Crippen molar-refractivity contribution in [3.05, 3.63) is 47.0 Å². The van der Waals surface area contributed by atoms with Crippen LogP contribution in [0.15, 0.2) is 24.4 Å².